The van der Waals surface area contributed by atoms with Crippen molar-refractivity contribution in [1.29, 1.82) is 0 Å². The van der Waals surface area contributed by atoms with Crippen molar-refractivity contribution in [3.8, 4) is 11.5 Å². The molecule has 1 aliphatic rings. The predicted molar refractivity (Wildman–Crippen MR) is 89.4 cm³/mol. The van der Waals surface area contributed by atoms with Crippen molar-refractivity contribution < 1.29 is 23.1 Å². The smallest absolute Gasteiger partial charge is 0.287 e. The fourth-order valence-corrected chi connectivity index (χ4v) is 2.94. The van der Waals surface area contributed by atoms with Gasteiger partial charge in [-0.05, 0) is 49.7 Å². The lowest BCUT2D eigenvalue weighted by molar-refractivity contribution is 0.0913. The summed E-state index contributed by atoms with van der Waals surface area (Å²) in [7, 11) is 0. The Balaban J connectivity index is 1.58. The molecule has 2 aromatic carbocycles. The summed E-state index contributed by atoms with van der Waals surface area (Å²) >= 11 is 0. The molecule has 1 aromatic heterocycles. The van der Waals surface area contributed by atoms with Gasteiger partial charge in [0, 0.05) is 10.9 Å². The Bertz CT molecular complexity index is 979. The van der Waals surface area contributed by atoms with E-state index in [9.17, 15) is 9.18 Å². The number of benzene rings is 2. The third kappa shape index (κ3) is 2.69. The fraction of sp³-hybridized carbons (Fsp3) is 0.211. The number of halogens is 1. The van der Waals surface area contributed by atoms with E-state index in [1.807, 2.05) is 25.1 Å². The molecule has 0 bridgehead atoms. The number of rotatable bonds is 3. The highest BCUT2D eigenvalue weighted by atomic mass is 19.1. The average Bonchev–Trinajstić information content (AvgIpc) is 3.19. The lowest BCUT2D eigenvalue weighted by atomic mass is 10.1. The number of hydrogen-bond acceptors (Lipinski definition) is 4. The Morgan fingerprint density at radius 1 is 1.16 bits per heavy atom. The van der Waals surface area contributed by atoms with Gasteiger partial charge in [0.25, 0.3) is 5.91 Å². The molecule has 0 aliphatic carbocycles. The predicted octanol–water partition coefficient (Wildman–Crippen LogP) is 4.10. The standard InChI is InChI=1S/C19H16FNO4/c1-10-14-8-13(20)4-6-15(14)25-18(10)19(22)21-11(2)12-3-5-16-17(7-12)24-9-23-16/h3-8,11H,9H2,1-2H3,(H,21,22)/t11-/m0/s1. The highest BCUT2D eigenvalue weighted by molar-refractivity contribution is 5.99. The normalized spacial score (nSPS) is 13.9. The lowest BCUT2D eigenvalue weighted by Gasteiger charge is -2.14. The van der Waals surface area contributed by atoms with Crippen LogP contribution in [0.5, 0.6) is 11.5 Å². The summed E-state index contributed by atoms with van der Waals surface area (Å²) in [5.74, 6) is 0.830. The van der Waals surface area contributed by atoms with Gasteiger partial charge in [-0.3, -0.25) is 4.79 Å². The van der Waals surface area contributed by atoms with E-state index in [0.29, 0.717) is 28.0 Å². The molecule has 3 aromatic rings. The minimum absolute atomic E-state index is 0.188. The van der Waals surface area contributed by atoms with Crippen molar-refractivity contribution in [3.05, 3.63) is 59.1 Å². The van der Waals surface area contributed by atoms with Gasteiger partial charge in [-0.1, -0.05) is 6.07 Å². The number of furan rings is 1. The molecule has 1 N–H and O–H groups in total. The van der Waals surface area contributed by atoms with Crippen LogP contribution in [0, 0.1) is 12.7 Å². The Labute approximate surface area is 143 Å². The van der Waals surface area contributed by atoms with Gasteiger partial charge >= 0.3 is 0 Å². The van der Waals surface area contributed by atoms with Crippen molar-refractivity contribution in [2.24, 2.45) is 0 Å². The molecule has 5 nitrogen and oxygen atoms in total. The van der Waals surface area contributed by atoms with Crippen LogP contribution in [0.4, 0.5) is 4.39 Å². The highest BCUT2D eigenvalue weighted by Crippen LogP contribution is 2.34. The first-order chi connectivity index (χ1) is 12.0. The van der Waals surface area contributed by atoms with E-state index >= 15 is 0 Å². The zero-order chi connectivity index (χ0) is 17.6. The molecule has 25 heavy (non-hydrogen) atoms. The monoisotopic (exact) mass is 341 g/mol. The van der Waals surface area contributed by atoms with Gasteiger partial charge in [-0.15, -0.1) is 0 Å². The second kappa shape index (κ2) is 5.81. The van der Waals surface area contributed by atoms with Gasteiger partial charge in [0.1, 0.15) is 11.4 Å². The van der Waals surface area contributed by atoms with Crippen molar-refractivity contribution in [2.45, 2.75) is 19.9 Å². The van der Waals surface area contributed by atoms with Crippen LogP contribution in [0.1, 0.15) is 34.6 Å². The molecule has 6 heteroatoms. The van der Waals surface area contributed by atoms with Crippen LogP contribution in [0.25, 0.3) is 11.0 Å². The third-order valence-electron chi connectivity index (χ3n) is 4.35. The fourth-order valence-electron chi connectivity index (χ4n) is 2.94. The molecule has 1 atom stereocenters. The van der Waals surface area contributed by atoms with Crippen LogP contribution < -0.4 is 14.8 Å². The summed E-state index contributed by atoms with van der Waals surface area (Å²) in [6, 6.07) is 9.47. The molecular weight excluding hydrogens is 325 g/mol. The summed E-state index contributed by atoms with van der Waals surface area (Å²) in [6.07, 6.45) is 0. The lowest BCUT2D eigenvalue weighted by Crippen LogP contribution is -2.26. The Hall–Kier alpha value is -3.02. The minimum Gasteiger partial charge on any atom is -0.454 e. The van der Waals surface area contributed by atoms with Crippen LogP contribution in [0.3, 0.4) is 0 Å². The van der Waals surface area contributed by atoms with Crippen LogP contribution in [0.15, 0.2) is 40.8 Å². The summed E-state index contributed by atoms with van der Waals surface area (Å²) in [6.45, 7) is 3.81. The number of carbonyl (C=O) groups is 1. The molecule has 0 spiro atoms. The molecule has 0 fully saturated rings. The second-order valence-corrected chi connectivity index (χ2v) is 6.00. The zero-order valence-corrected chi connectivity index (χ0v) is 13.8. The minimum atomic E-state index is -0.364. The maximum absolute atomic E-state index is 13.4. The van der Waals surface area contributed by atoms with Crippen LogP contribution >= 0.6 is 0 Å². The molecule has 1 aliphatic heterocycles. The van der Waals surface area contributed by atoms with Crippen molar-refractivity contribution in [2.75, 3.05) is 6.79 Å². The van der Waals surface area contributed by atoms with E-state index in [0.717, 1.165) is 5.56 Å². The first-order valence-corrected chi connectivity index (χ1v) is 7.92. The molecule has 0 unspecified atom stereocenters. The quantitative estimate of drug-likeness (QED) is 0.779. The summed E-state index contributed by atoms with van der Waals surface area (Å²) in [5.41, 5.74) is 1.99. The summed E-state index contributed by atoms with van der Waals surface area (Å²) < 4.78 is 29.7. The molecule has 4 rings (SSSR count). The van der Waals surface area contributed by atoms with E-state index in [1.54, 1.807) is 6.92 Å². The Morgan fingerprint density at radius 2 is 1.96 bits per heavy atom. The highest BCUT2D eigenvalue weighted by Gasteiger charge is 2.21. The molecule has 0 saturated carbocycles. The van der Waals surface area contributed by atoms with Crippen molar-refractivity contribution in [3.63, 3.8) is 0 Å². The van der Waals surface area contributed by atoms with E-state index in [4.69, 9.17) is 13.9 Å². The number of amides is 1. The summed E-state index contributed by atoms with van der Waals surface area (Å²) in [5, 5.41) is 3.50. The van der Waals surface area contributed by atoms with E-state index in [-0.39, 0.29) is 30.3 Å². The molecular formula is C19H16FNO4. The van der Waals surface area contributed by atoms with Gasteiger partial charge in [0.05, 0.1) is 6.04 Å². The van der Waals surface area contributed by atoms with E-state index in [1.165, 1.54) is 18.2 Å². The average molecular weight is 341 g/mol. The zero-order valence-electron chi connectivity index (χ0n) is 13.8. The number of ether oxygens (including phenoxy) is 2. The van der Waals surface area contributed by atoms with Gasteiger partial charge in [0.15, 0.2) is 17.3 Å². The largest absolute Gasteiger partial charge is 0.454 e. The van der Waals surface area contributed by atoms with E-state index < -0.39 is 0 Å². The third-order valence-corrected chi connectivity index (χ3v) is 4.35. The molecule has 128 valence electrons. The van der Waals surface area contributed by atoms with Crippen molar-refractivity contribution in [1.82, 2.24) is 5.32 Å². The van der Waals surface area contributed by atoms with E-state index in [2.05, 4.69) is 5.32 Å². The number of nitrogens with one attached hydrogen (secondary N) is 1. The van der Waals surface area contributed by atoms with Crippen LogP contribution in [-0.2, 0) is 0 Å². The van der Waals surface area contributed by atoms with Gasteiger partial charge < -0.3 is 19.2 Å². The van der Waals surface area contributed by atoms with Gasteiger partial charge in [0.2, 0.25) is 6.79 Å². The molecule has 2 heterocycles. The number of hydrogen-bond donors (Lipinski definition) is 1. The Morgan fingerprint density at radius 3 is 2.80 bits per heavy atom. The first-order valence-electron chi connectivity index (χ1n) is 7.92. The number of fused-ring (bicyclic) bond motifs is 2. The number of carbonyl (C=O) groups excluding carboxylic acids is 1. The topological polar surface area (TPSA) is 60.7 Å². The van der Waals surface area contributed by atoms with Gasteiger partial charge in [-0.25, -0.2) is 4.39 Å². The van der Waals surface area contributed by atoms with Crippen molar-refractivity contribution >= 4 is 16.9 Å². The summed E-state index contributed by atoms with van der Waals surface area (Å²) in [4.78, 5) is 12.6. The Kier molecular flexibility index (Phi) is 3.60. The van der Waals surface area contributed by atoms with Crippen LogP contribution in [0.2, 0.25) is 0 Å². The molecule has 0 radical (unpaired) electrons. The maximum atomic E-state index is 13.4. The number of aryl methyl sites for hydroxylation is 1. The maximum Gasteiger partial charge on any atom is 0.287 e. The van der Waals surface area contributed by atoms with Crippen LogP contribution in [-0.4, -0.2) is 12.7 Å². The van der Waals surface area contributed by atoms with Gasteiger partial charge in [-0.2, -0.15) is 0 Å². The molecule has 1 amide bonds. The first kappa shape index (κ1) is 15.5. The molecule has 0 saturated heterocycles. The second-order valence-electron chi connectivity index (χ2n) is 6.00. The SMILES string of the molecule is Cc1c(C(=O)N[C@@H](C)c2ccc3c(c2)OCO3)oc2ccc(F)cc12.